The van der Waals surface area contributed by atoms with Gasteiger partial charge in [0, 0.05) is 49.2 Å². The van der Waals surface area contributed by atoms with Gasteiger partial charge in [-0.1, -0.05) is 6.07 Å². The molecule has 27 heavy (non-hydrogen) atoms. The monoisotopic (exact) mass is 366 g/mol. The van der Waals surface area contributed by atoms with Crippen LogP contribution in [0, 0.1) is 5.82 Å². The highest BCUT2D eigenvalue weighted by Gasteiger charge is 2.22. The summed E-state index contributed by atoms with van der Waals surface area (Å²) in [5, 5.41) is 8.06. The van der Waals surface area contributed by atoms with Crippen molar-refractivity contribution < 1.29 is 9.13 Å². The van der Waals surface area contributed by atoms with E-state index in [0.717, 1.165) is 48.7 Å². The SMILES string of the molecule is COc1cccc(-n2cc(CNC3CCN(c4ccc(F)cc4)C3)cn2)c1. The second-order valence-electron chi connectivity index (χ2n) is 6.78. The van der Waals surface area contributed by atoms with Crippen molar-refractivity contribution in [2.75, 3.05) is 25.1 Å². The molecule has 1 fully saturated rings. The van der Waals surface area contributed by atoms with E-state index in [9.17, 15) is 4.39 Å². The number of nitrogens with one attached hydrogen (secondary N) is 1. The topological polar surface area (TPSA) is 42.3 Å². The molecule has 1 aliphatic rings. The molecular formula is C21H23FN4O. The van der Waals surface area contributed by atoms with Crippen molar-refractivity contribution in [2.24, 2.45) is 0 Å². The fourth-order valence-corrected chi connectivity index (χ4v) is 3.42. The van der Waals surface area contributed by atoms with Crippen LogP contribution in [-0.2, 0) is 6.54 Å². The first-order chi connectivity index (χ1) is 13.2. The van der Waals surface area contributed by atoms with E-state index in [4.69, 9.17) is 4.74 Å². The Bertz CT molecular complexity index is 893. The van der Waals surface area contributed by atoms with Crippen LogP contribution in [0.3, 0.4) is 0 Å². The van der Waals surface area contributed by atoms with Gasteiger partial charge in [-0.15, -0.1) is 0 Å². The van der Waals surface area contributed by atoms with Crippen LogP contribution in [0.2, 0.25) is 0 Å². The molecule has 140 valence electrons. The molecule has 1 aliphatic heterocycles. The second kappa shape index (κ2) is 7.80. The number of anilines is 1. The number of methoxy groups -OCH3 is 1. The maximum Gasteiger partial charge on any atom is 0.123 e. The molecule has 0 spiro atoms. The summed E-state index contributed by atoms with van der Waals surface area (Å²) >= 11 is 0. The lowest BCUT2D eigenvalue weighted by molar-refractivity contribution is 0.414. The lowest BCUT2D eigenvalue weighted by atomic mass is 10.2. The smallest absolute Gasteiger partial charge is 0.123 e. The van der Waals surface area contributed by atoms with Crippen LogP contribution in [0.15, 0.2) is 60.9 Å². The van der Waals surface area contributed by atoms with Crippen molar-refractivity contribution >= 4 is 5.69 Å². The van der Waals surface area contributed by atoms with Gasteiger partial charge in [0.2, 0.25) is 0 Å². The number of halogens is 1. The van der Waals surface area contributed by atoms with Crippen LogP contribution in [-0.4, -0.2) is 36.0 Å². The van der Waals surface area contributed by atoms with Crippen LogP contribution in [0.1, 0.15) is 12.0 Å². The second-order valence-corrected chi connectivity index (χ2v) is 6.78. The lowest BCUT2D eigenvalue weighted by Crippen LogP contribution is -2.32. The largest absolute Gasteiger partial charge is 0.497 e. The molecule has 0 amide bonds. The number of rotatable bonds is 6. The molecule has 5 nitrogen and oxygen atoms in total. The molecule has 1 unspecified atom stereocenters. The first kappa shape index (κ1) is 17.5. The zero-order valence-electron chi connectivity index (χ0n) is 15.3. The van der Waals surface area contributed by atoms with Crippen LogP contribution >= 0.6 is 0 Å². The summed E-state index contributed by atoms with van der Waals surface area (Å²) in [6.45, 7) is 2.67. The average Bonchev–Trinajstić information content (AvgIpc) is 3.37. The highest BCUT2D eigenvalue weighted by Crippen LogP contribution is 2.21. The van der Waals surface area contributed by atoms with Gasteiger partial charge in [-0.3, -0.25) is 0 Å². The molecule has 2 aromatic carbocycles. The number of ether oxygens (including phenoxy) is 1. The molecule has 2 heterocycles. The zero-order chi connectivity index (χ0) is 18.6. The number of hydrogen-bond donors (Lipinski definition) is 1. The van der Waals surface area contributed by atoms with Crippen LogP contribution in [0.5, 0.6) is 5.75 Å². The van der Waals surface area contributed by atoms with Crippen LogP contribution < -0.4 is 15.0 Å². The standard InChI is InChI=1S/C21H23FN4O/c1-27-21-4-2-3-20(11-21)26-14-16(13-24-26)12-23-18-9-10-25(15-18)19-7-5-17(22)6-8-19/h2-8,11,13-14,18,23H,9-10,12,15H2,1H3. The van der Waals surface area contributed by atoms with Gasteiger partial charge in [0.25, 0.3) is 0 Å². The molecule has 1 aromatic heterocycles. The third-order valence-corrected chi connectivity index (χ3v) is 4.93. The molecule has 1 N–H and O–H groups in total. The minimum atomic E-state index is -0.194. The van der Waals surface area contributed by atoms with E-state index in [1.54, 1.807) is 7.11 Å². The molecule has 1 saturated heterocycles. The summed E-state index contributed by atoms with van der Waals surface area (Å²) in [7, 11) is 1.66. The van der Waals surface area contributed by atoms with Gasteiger partial charge in [0.15, 0.2) is 0 Å². The van der Waals surface area contributed by atoms with Crippen LogP contribution in [0.4, 0.5) is 10.1 Å². The molecule has 0 bridgehead atoms. The molecule has 0 saturated carbocycles. The molecular weight excluding hydrogens is 343 g/mol. The lowest BCUT2D eigenvalue weighted by Gasteiger charge is -2.19. The minimum Gasteiger partial charge on any atom is -0.497 e. The summed E-state index contributed by atoms with van der Waals surface area (Å²) in [5.74, 6) is 0.621. The van der Waals surface area contributed by atoms with E-state index in [1.165, 1.54) is 12.1 Å². The Morgan fingerprint density at radius 2 is 2.04 bits per heavy atom. The van der Waals surface area contributed by atoms with Crippen molar-refractivity contribution in [2.45, 2.75) is 19.0 Å². The predicted molar refractivity (Wildman–Crippen MR) is 104 cm³/mol. The van der Waals surface area contributed by atoms with Crippen molar-refractivity contribution in [3.05, 3.63) is 72.3 Å². The summed E-state index contributed by atoms with van der Waals surface area (Å²) in [5.41, 5.74) is 3.19. The molecule has 6 heteroatoms. The van der Waals surface area contributed by atoms with Crippen molar-refractivity contribution in [1.82, 2.24) is 15.1 Å². The van der Waals surface area contributed by atoms with E-state index < -0.39 is 0 Å². The van der Waals surface area contributed by atoms with Gasteiger partial charge in [0.05, 0.1) is 19.0 Å². The Labute approximate surface area is 158 Å². The summed E-state index contributed by atoms with van der Waals surface area (Å²) < 4.78 is 20.2. The van der Waals surface area contributed by atoms with Gasteiger partial charge in [-0.25, -0.2) is 9.07 Å². The summed E-state index contributed by atoms with van der Waals surface area (Å²) in [6.07, 6.45) is 5.00. The van der Waals surface area contributed by atoms with Gasteiger partial charge >= 0.3 is 0 Å². The highest BCUT2D eigenvalue weighted by atomic mass is 19.1. The van der Waals surface area contributed by atoms with E-state index in [-0.39, 0.29) is 5.82 Å². The van der Waals surface area contributed by atoms with Crippen molar-refractivity contribution in [3.8, 4) is 11.4 Å². The maximum atomic E-state index is 13.1. The third-order valence-electron chi connectivity index (χ3n) is 4.93. The van der Waals surface area contributed by atoms with E-state index in [1.807, 2.05) is 53.5 Å². The Morgan fingerprint density at radius 1 is 1.19 bits per heavy atom. The van der Waals surface area contributed by atoms with Gasteiger partial charge in [-0.05, 0) is 42.8 Å². The van der Waals surface area contributed by atoms with Gasteiger partial charge in [0.1, 0.15) is 11.6 Å². The Balaban J connectivity index is 1.33. The molecule has 4 rings (SSSR count). The minimum absolute atomic E-state index is 0.194. The number of aromatic nitrogens is 2. The van der Waals surface area contributed by atoms with Gasteiger partial charge < -0.3 is 15.0 Å². The molecule has 1 atom stereocenters. The molecule has 3 aromatic rings. The van der Waals surface area contributed by atoms with Crippen molar-refractivity contribution in [3.63, 3.8) is 0 Å². The average molecular weight is 366 g/mol. The van der Waals surface area contributed by atoms with Gasteiger partial charge in [-0.2, -0.15) is 5.10 Å². The Hall–Kier alpha value is -2.86. The molecule has 0 radical (unpaired) electrons. The molecule has 0 aliphatic carbocycles. The Kier molecular flexibility index (Phi) is 5.07. The van der Waals surface area contributed by atoms with Crippen molar-refractivity contribution in [1.29, 1.82) is 0 Å². The fraction of sp³-hybridized carbons (Fsp3) is 0.286. The first-order valence-corrected chi connectivity index (χ1v) is 9.13. The van der Waals surface area contributed by atoms with Crippen LogP contribution in [0.25, 0.3) is 5.69 Å². The summed E-state index contributed by atoms with van der Waals surface area (Å²) in [4.78, 5) is 2.29. The van der Waals surface area contributed by atoms with E-state index >= 15 is 0 Å². The quantitative estimate of drug-likeness (QED) is 0.726. The zero-order valence-corrected chi connectivity index (χ0v) is 15.3. The van der Waals surface area contributed by atoms with E-state index in [2.05, 4.69) is 15.3 Å². The Morgan fingerprint density at radius 3 is 2.85 bits per heavy atom. The number of hydrogen-bond acceptors (Lipinski definition) is 4. The number of benzene rings is 2. The third kappa shape index (κ3) is 4.11. The normalized spacial score (nSPS) is 16.7. The summed E-state index contributed by atoms with van der Waals surface area (Å²) in [6, 6.07) is 15.0. The predicted octanol–water partition coefficient (Wildman–Crippen LogP) is 3.39. The highest BCUT2D eigenvalue weighted by molar-refractivity contribution is 5.47. The fourth-order valence-electron chi connectivity index (χ4n) is 3.42. The maximum absolute atomic E-state index is 13.1. The van der Waals surface area contributed by atoms with E-state index in [0.29, 0.717) is 6.04 Å². The number of nitrogens with zero attached hydrogens (tertiary/aromatic N) is 3. The first-order valence-electron chi connectivity index (χ1n) is 9.13.